The number of rotatable bonds is 10. The third-order valence-electron chi connectivity index (χ3n) is 6.93. The van der Waals surface area contributed by atoms with Crippen molar-refractivity contribution < 1.29 is 28.2 Å². The van der Waals surface area contributed by atoms with Crippen LogP contribution in [0.2, 0.25) is 0 Å². The zero-order valence-electron chi connectivity index (χ0n) is 23.4. The Hall–Kier alpha value is -4.47. The van der Waals surface area contributed by atoms with Gasteiger partial charge in [0.2, 0.25) is 23.0 Å². The first kappa shape index (κ1) is 28.5. The number of carbonyl (C=O) groups excluding carboxylic acids is 2. The number of nitrogens with one attached hydrogen (secondary N) is 3. The molecule has 0 radical (unpaired) electrons. The Morgan fingerprint density at radius 3 is 2.50 bits per heavy atom. The van der Waals surface area contributed by atoms with E-state index in [4.69, 9.17) is 18.6 Å². The van der Waals surface area contributed by atoms with Crippen molar-refractivity contribution in [2.45, 2.75) is 45.2 Å². The zero-order chi connectivity index (χ0) is 28.8. The fraction of sp³-hybridized carbons (Fsp3) is 0.367. The maximum atomic E-state index is 13.5. The number of hydrogen-bond acceptors (Lipinski definition) is 8. The van der Waals surface area contributed by atoms with Gasteiger partial charge in [0, 0.05) is 25.5 Å². The summed E-state index contributed by atoms with van der Waals surface area (Å²) in [6.07, 6.45) is 3.30. The van der Waals surface area contributed by atoms with Crippen LogP contribution in [0, 0.1) is 0 Å². The van der Waals surface area contributed by atoms with Crippen LogP contribution in [-0.2, 0) is 22.4 Å². The molecule has 2 atom stereocenters. The quantitative estimate of drug-likeness (QED) is 0.350. The van der Waals surface area contributed by atoms with E-state index in [-0.39, 0.29) is 22.9 Å². The fourth-order valence-corrected chi connectivity index (χ4v) is 5.04. The number of anilines is 1. The van der Waals surface area contributed by atoms with Gasteiger partial charge in [0.1, 0.15) is 11.8 Å². The third-order valence-corrected chi connectivity index (χ3v) is 6.93. The molecule has 10 heteroatoms. The highest BCUT2D eigenvalue weighted by molar-refractivity contribution is 5.85. The summed E-state index contributed by atoms with van der Waals surface area (Å²) in [7, 11) is 4.65. The second-order valence-corrected chi connectivity index (χ2v) is 9.58. The van der Waals surface area contributed by atoms with Gasteiger partial charge in [-0.05, 0) is 66.8 Å². The van der Waals surface area contributed by atoms with Gasteiger partial charge in [0.05, 0.1) is 39.3 Å². The number of methoxy groups -OCH3 is 3. The van der Waals surface area contributed by atoms with Gasteiger partial charge in [-0.2, -0.15) is 0 Å². The summed E-state index contributed by atoms with van der Waals surface area (Å²) in [6.45, 7) is 3.54. The Balaban J connectivity index is 1.73. The number of benzene rings is 1. The second kappa shape index (κ2) is 12.6. The standard InChI is InChI=1S/C30H35N3O7/c1-17(30(36)31-13-12-20-7-6-14-40-20)32-24-11-9-21-22(16-25(24)35)23(33-18(2)34)10-8-19-15-26(37-3)28(38-4)29(39-5)27(19)21/h6-7,9,11,14-17,23H,8,10,12-13H2,1-5H3,(H,31,36)(H,32,35)(H,33,34)/t17-,23-/m0/s1. The molecule has 0 saturated heterocycles. The van der Waals surface area contributed by atoms with Crippen LogP contribution >= 0.6 is 0 Å². The minimum Gasteiger partial charge on any atom is -0.493 e. The highest BCUT2D eigenvalue weighted by Crippen LogP contribution is 2.50. The van der Waals surface area contributed by atoms with Crippen molar-refractivity contribution in [2.75, 3.05) is 33.2 Å². The lowest BCUT2D eigenvalue weighted by Crippen LogP contribution is -2.39. The minimum atomic E-state index is -0.677. The molecule has 0 unspecified atom stereocenters. The summed E-state index contributed by atoms with van der Waals surface area (Å²) >= 11 is 0. The van der Waals surface area contributed by atoms with Gasteiger partial charge in [0.15, 0.2) is 11.5 Å². The molecule has 10 nitrogen and oxygen atoms in total. The summed E-state index contributed by atoms with van der Waals surface area (Å²) in [6, 6.07) is 9.43. The largest absolute Gasteiger partial charge is 0.493 e. The summed E-state index contributed by atoms with van der Waals surface area (Å²) < 4.78 is 22.3. The van der Waals surface area contributed by atoms with E-state index in [0.29, 0.717) is 54.2 Å². The molecule has 0 bridgehead atoms. The molecule has 4 rings (SSSR count). The first-order valence-corrected chi connectivity index (χ1v) is 13.1. The molecular formula is C30H35N3O7. The normalized spacial score (nSPS) is 14.6. The van der Waals surface area contributed by atoms with Crippen molar-refractivity contribution in [3.05, 3.63) is 69.8 Å². The lowest BCUT2D eigenvalue weighted by atomic mass is 9.95. The number of aryl methyl sites for hydroxylation is 1. The molecule has 0 saturated carbocycles. The fourth-order valence-electron chi connectivity index (χ4n) is 5.04. The van der Waals surface area contributed by atoms with Gasteiger partial charge in [-0.15, -0.1) is 0 Å². The minimum absolute atomic E-state index is 0.207. The lowest BCUT2D eigenvalue weighted by molar-refractivity contribution is -0.121. The number of furan rings is 1. The summed E-state index contributed by atoms with van der Waals surface area (Å²) in [5, 5.41) is 8.90. The van der Waals surface area contributed by atoms with Crippen molar-refractivity contribution in [1.29, 1.82) is 0 Å². The van der Waals surface area contributed by atoms with Crippen molar-refractivity contribution in [1.82, 2.24) is 10.6 Å². The molecule has 0 fully saturated rings. The molecule has 1 heterocycles. The van der Waals surface area contributed by atoms with E-state index in [1.807, 2.05) is 18.2 Å². The van der Waals surface area contributed by atoms with Crippen LogP contribution < -0.4 is 35.6 Å². The van der Waals surface area contributed by atoms with E-state index < -0.39 is 12.1 Å². The molecule has 3 N–H and O–H groups in total. The van der Waals surface area contributed by atoms with E-state index in [1.54, 1.807) is 39.5 Å². The Morgan fingerprint density at radius 1 is 1.07 bits per heavy atom. The van der Waals surface area contributed by atoms with E-state index in [1.165, 1.54) is 20.1 Å². The molecule has 2 amide bonds. The molecule has 1 aliphatic rings. The van der Waals surface area contributed by atoms with Crippen LogP contribution in [0.15, 0.2) is 51.9 Å². The summed E-state index contributed by atoms with van der Waals surface area (Å²) in [4.78, 5) is 38.3. The highest BCUT2D eigenvalue weighted by atomic mass is 16.5. The Bertz CT molecular complexity index is 1440. The summed E-state index contributed by atoms with van der Waals surface area (Å²) in [5.74, 6) is 1.74. The predicted octanol–water partition coefficient (Wildman–Crippen LogP) is 3.62. The lowest BCUT2D eigenvalue weighted by Gasteiger charge is -2.19. The monoisotopic (exact) mass is 549 g/mol. The number of hydrogen-bond donors (Lipinski definition) is 3. The average Bonchev–Trinajstić information content (AvgIpc) is 3.35. The number of fused-ring (bicyclic) bond motifs is 3. The Labute approximate surface area is 233 Å². The zero-order valence-corrected chi connectivity index (χ0v) is 23.4. The molecule has 212 valence electrons. The van der Waals surface area contributed by atoms with Crippen LogP contribution in [0.3, 0.4) is 0 Å². The van der Waals surface area contributed by atoms with E-state index in [0.717, 1.165) is 16.9 Å². The Kier molecular flexibility index (Phi) is 8.98. The topological polar surface area (TPSA) is 128 Å². The highest BCUT2D eigenvalue weighted by Gasteiger charge is 2.29. The van der Waals surface area contributed by atoms with Crippen molar-refractivity contribution in [3.63, 3.8) is 0 Å². The van der Waals surface area contributed by atoms with E-state index >= 15 is 0 Å². The maximum absolute atomic E-state index is 13.5. The van der Waals surface area contributed by atoms with Crippen molar-refractivity contribution in [2.24, 2.45) is 0 Å². The average molecular weight is 550 g/mol. The second-order valence-electron chi connectivity index (χ2n) is 9.58. The van der Waals surface area contributed by atoms with Crippen molar-refractivity contribution >= 4 is 17.5 Å². The number of amides is 2. The molecule has 40 heavy (non-hydrogen) atoms. The maximum Gasteiger partial charge on any atom is 0.242 e. The summed E-state index contributed by atoms with van der Waals surface area (Å²) in [5.41, 5.74) is 2.99. The number of carbonyl (C=O) groups is 2. The van der Waals surface area contributed by atoms with Crippen LogP contribution in [0.1, 0.15) is 43.2 Å². The predicted molar refractivity (Wildman–Crippen MR) is 151 cm³/mol. The molecule has 2 aromatic carbocycles. The molecule has 0 aliphatic heterocycles. The molecule has 1 aliphatic carbocycles. The molecule has 3 aromatic rings. The van der Waals surface area contributed by atoms with Gasteiger partial charge >= 0.3 is 0 Å². The van der Waals surface area contributed by atoms with Gasteiger partial charge < -0.3 is 34.6 Å². The Morgan fingerprint density at radius 2 is 1.85 bits per heavy atom. The molecule has 0 spiro atoms. The molecular weight excluding hydrogens is 514 g/mol. The van der Waals surface area contributed by atoms with Crippen LogP contribution in [0.4, 0.5) is 5.69 Å². The van der Waals surface area contributed by atoms with E-state index in [2.05, 4.69) is 16.0 Å². The molecule has 1 aromatic heterocycles. The smallest absolute Gasteiger partial charge is 0.242 e. The first-order valence-electron chi connectivity index (χ1n) is 13.1. The van der Waals surface area contributed by atoms with Gasteiger partial charge in [-0.25, -0.2) is 0 Å². The van der Waals surface area contributed by atoms with Gasteiger partial charge in [-0.1, -0.05) is 6.07 Å². The van der Waals surface area contributed by atoms with Gasteiger partial charge in [0.25, 0.3) is 0 Å². The van der Waals surface area contributed by atoms with Crippen LogP contribution in [0.25, 0.3) is 11.1 Å². The van der Waals surface area contributed by atoms with Crippen LogP contribution in [0.5, 0.6) is 17.2 Å². The van der Waals surface area contributed by atoms with Crippen molar-refractivity contribution in [3.8, 4) is 28.4 Å². The SMILES string of the molecule is COc1cc2c(c(OC)c1OC)-c1ccc(N[C@@H](C)C(=O)NCCc3ccco3)c(=O)cc1[C@@H](NC(C)=O)CC2. The first-order chi connectivity index (χ1) is 19.3. The third kappa shape index (κ3) is 6.06. The van der Waals surface area contributed by atoms with E-state index in [9.17, 15) is 14.4 Å². The number of ether oxygens (including phenoxy) is 3. The van der Waals surface area contributed by atoms with Gasteiger partial charge in [-0.3, -0.25) is 14.4 Å². The van der Waals surface area contributed by atoms with Crippen LogP contribution in [-0.4, -0.2) is 45.7 Å².